The van der Waals surface area contributed by atoms with Crippen LogP contribution in [0.25, 0.3) is 21.2 Å². The Balaban J connectivity index is 1.76. The molecule has 2 aromatic heterocycles. The first-order valence-corrected chi connectivity index (χ1v) is 9.24. The fourth-order valence-electron chi connectivity index (χ4n) is 3.24. The number of aromatic nitrogens is 1. The highest BCUT2D eigenvalue weighted by Gasteiger charge is 2.21. The Kier molecular flexibility index (Phi) is 3.92. The summed E-state index contributed by atoms with van der Waals surface area (Å²) in [4.78, 5) is 19.2. The van der Waals surface area contributed by atoms with E-state index in [1.807, 2.05) is 19.1 Å². The van der Waals surface area contributed by atoms with Crippen LogP contribution in [0.2, 0.25) is 0 Å². The number of anilines is 1. The van der Waals surface area contributed by atoms with E-state index in [0.29, 0.717) is 12.4 Å². The topological polar surface area (TPSA) is 55.6 Å². The van der Waals surface area contributed by atoms with Crippen molar-refractivity contribution in [3.8, 4) is 0 Å². The quantitative estimate of drug-likeness (QED) is 0.654. The van der Waals surface area contributed by atoms with Gasteiger partial charge in [-0.2, -0.15) is 0 Å². The monoisotopic (exact) mass is 344 g/mol. The normalized spacial score (nSPS) is 15.3. The average molecular weight is 344 g/mol. The number of ether oxygens (including phenoxy) is 1. The minimum absolute atomic E-state index is 0.292. The maximum atomic E-state index is 12.0. The van der Waals surface area contributed by atoms with Gasteiger partial charge in [0.15, 0.2) is 5.13 Å². The number of esters is 1. The molecule has 1 aliphatic heterocycles. The van der Waals surface area contributed by atoms with E-state index in [0.717, 1.165) is 45.0 Å². The molecule has 1 aromatic carbocycles. The van der Waals surface area contributed by atoms with Crippen LogP contribution < -0.4 is 4.90 Å². The molecule has 4 rings (SSSR count). The van der Waals surface area contributed by atoms with Crippen LogP contribution in [0.15, 0.2) is 16.5 Å². The first-order chi connectivity index (χ1) is 11.7. The number of benzene rings is 1. The van der Waals surface area contributed by atoms with E-state index in [1.165, 1.54) is 19.3 Å². The maximum Gasteiger partial charge on any atom is 0.374 e. The molecule has 1 saturated heterocycles. The van der Waals surface area contributed by atoms with Crippen LogP contribution >= 0.6 is 11.3 Å². The van der Waals surface area contributed by atoms with Gasteiger partial charge in [0, 0.05) is 30.1 Å². The molecular weight excluding hydrogens is 324 g/mol. The van der Waals surface area contributed by atoms with Gasteiger partial charge in [-0.05, 0) is 39.2 Å². The number of furan rings is 1. The fraction of sp³-hybridized carbons (Fsp3) is 0.444. The third-order valence-corrected chi connectivity index (χ3v) is 5.60. The zero-order valence-corrected chi connectivity index (χ0v) is 14.7. The van der Waals surface area contributed by atoms with Crippen molar-refractivity contribution in [1.82, 2.24) is 4.98 Å². The van der Waals surface area contributed by atoms with Crippen LogP contribution in [0.3, 0.4) is 0 Å². The summed E-state index contributed by atoms with van der Waals surface area (Å²) in [6.07, 6.45) is 3.78. The highest BCUT2D eigenvalue weighted by molar-refractivity contribution is 7.22. The Hall–Kier alpha value is -2.08. The first kappa shape index (κ1) is 15.4. The summed E-state index contributed by atoms with van der Waals surface area (Å²) in [6, 6.07) is 4.02. The van der Waals surface area contributed by atoms with Gasteiger partial charge in [0.2, 0.25) is 5.76 Å². The number of nitrogens with zero attached hydrogens (tertiary/aromatic N) is 2. The molecule has 0 atom stereocenters. The Labute approximate surface area is 144 Å². The van der Waals surface area contributed by atoms with Crippen LogP contribution in [-0.2, 0) is 4.74 Å². The van der Waals surface area contributed by atoms with Gasteiger partial charge in [0.05, 0.1) is 16.8 Å². The van der Waals surface area contributed by atoms with E-state index in [1.54, 1.807) is 18.3 Å². The number of carbonyl (C=O) groups is 1. The van der Waals surface area contributed by atoms with Crippen molar-refractivity contribution in [2.24, 2.45) is 0 Å². The number of hydrogen-bond acceptors (Lipinski definition) is 6. The van der Waals surface area contributed by atoms with Gasteiger partial charge in [-0.15, -0.1) is 0 Å². The number of fused-ring (bicyclic) bond motifs is 2. The van der Waals surface area contributed by atoms with Crippen molar-refractivity contribution < 1.29 is 13.9 Å². The number of piperidine rings is 1. The molecule has 24 heavy (non-hydrogen) atoms. The predicted molar refractivity (Wildman–Crippen MR) is 96.1 cm³/mol. The predicted octanol–water partition coefficient (Wildman–Crippen LogP) is 4.52. The van der Waals surface area contributed by atoms with E-state index in [2.05, 4.69) is 4.90 Å². The lowest BCUT2D eigenvalue weighted by Crippen LogP contribution is -2.29. The van der Waals surface area contributed by atoms with Crippen LogP contribution in [0.4, 0.5) is 5.13 Å². The summed E-state index contributed by atoms with van der Waals surface area (Å²) in [7, 11) is 0. The van der Waals surface area contributed by atoms with Crippen molar-refractivity contribution in [2.45, 2.75) is 33.1 Å². The number of carbonyl (C=O) groups excluding carboxylic acids is 1. The molecule has 0 aliphatic carbocycles. The summed E-state index contributed by atoms with van der Waals surface area (Å²) >= 11 is 1.69. The van der Waals surface area contributed by atoms with Gasteiger partial charge in [0.1, 0.15) is 5.58 Å². The van der Waals surface area contributed by atoms with Gasteiger partial charge < -0.3 is 14.1 Å². The molecule has 0 saturated carbocycles. The number of hydrogen-bond donors (Lipinski definition) is 0. The second kappa shape index (κ2) is 6.09. The standard InChI is InChI=1S/C18H20N2O3S/c1-3-22-17(21)16-11(2)12-9-13-15(10-14(12)23-16)24-18(19-13)20-7-5-4-6-8-20/h9-10H,3-8H2,1-2H3. The molecule has 1 aliphatic rings. The molecule has 0 amide bonds. The molecule has 6 heteroatoms. The van der Waals surface area contributed by atoms with E-state index in [9.17, 15) is 4.79 Å². The van der Waals surface area contributed by atoms with E-state index < -0.39 is 5.97 Å². The zero-order valence-electron chi connectivity index (χ0n) is 13.9. The van der Waals surface area contributed by atoms with Gasteiger partial charge in [0.25, 0.3) is 0 Å². The third-order valence-electron chi connectivity index (χ3n) is 4.52. The molecule has 3 aromatic rings. The Morgan fingerprint density at radius 2 is 2.12 bits per heavy atom. The molecule has 0 unspecified atom stereocenters. The van der Waals surface area contributed by atoms with Gasteiger partial charge in [-0.1, -0.05) is 11.3 Å². The Bertz CT molecular complexity index is 906. The van der Waals surface area contributed by atoms with Crippen LogP contribution in [0, 0.1) is 6.92 Å². The van der Waals surface area contributed by atoms with E-state index >= 15 is 0 Å². The largest absolute Gasteiger partial charge is 0.460 e. The summed E-state index contributed by atoms with van der Waals surface area (Å²) in [5.74, 6) is -0.114. The molecule has 0 spiro atoms. The summed E-state index contributed by atoms with van der Waals surface area (Å²) in [6.45, 7) is 6.19. The van der Waals surface area contributed by atoms with E-state index in [-0.39, 0.29) is 0 Å². The first-order valence-electron chi connectivity index (χ1n) is 8.43. The summed E-state index contributed by atoms with van der Waals surface area (Å²) < 4.78 is 11.9. The highest BCUT2D eigenvalue weighted by Crippen LogP contribution is 2.35. The van der Waals surface area contributed by atoms with Gasteiger partial charge >= 0.3 is 5.97 Å². The Morgan fingerprint density at radius 1 is 1.33 bits per heavy atom. The molecule has 5 nitrogen and oxygen atoms in total. The lowest BCUT2D eigenvalue weighted by atomic mass is 10.1. The van der Waals surface area contributed by atoms with Crippen LogP contribution in [0.5, 0.6) is 0 Å². The van der Waals surface area contributed by atoms with Crippen LogP contribution in [-0.4, -0.2) is 30.6 Å². The molecule has 3 heterocycles. The van der Waals surface area contributed by atoms with Crippen molar-refractivity contribution in [3.05, 3.63) is 23.5 Å². The SMILES string of the molecule is CCOC(=O)c1oc2cc3sc(N4CCCCC4)nc3cc2c1C. The number of thiazole rings is 1. The summed E-state index contributed by atoms with van der Waals surface area (Å²) in [5, 5.41) is 2.02. The minimum atomic E-state index is -0.406. The average Bonchev–Trinajstić information content (AvgIpc) is 3.15. The second-order valence-corrected chi connectivity index (χ2v) is 7.15. The molecule has 0 N–H and O–H groups in total. The van der Waals surface area contributed by atoms with Gasteiger partial charge in [-0.3, -0.25) is 0 Å². The van der Waals surface area contributed by atoms with E-state index in [4.69, 9.17) is 14.1 Å². The maximum absolute atomic E-state index is 12.0. The Morgan fingerprint density at radius 3 is 2.88 bits per heavy atom. The molecule has 0 radical (unpaired) electrons. The number of aryl methyl sites for hydroxylation is 1. The lowest BCUT2D eigenvalue weighted by molar-refractivity contribution is 0.0491. The zero-order chi connectivity index (χ0) is 16.7. The van der Waals surface area contributed by atoms with Crippen molar-refractivity contribution in [2.75, 3.05) is 24.6 Å². The molecule has 1 fully saturated rings. The third kappa shape index (κ3) is 2.55. The fourth-order valence-corrected chi connectivity index (χ4v) is 4.27. The lowest BCUT2D eigenvalue weighted by Gasteiger charge is -2.25. The second-order valence-electron chi connectivity index (χ2n) is 6.14. The minimum Gasteiger partial charge on any atom is -0.460 e. The molecule has 126 valence electrons. The van der Waals surface area contributed by atoms with Gasteiger partial charge in [-0.25, -0.2) is 9.78 Å². The molecular formula is C18H20N2O3S. The molecule has 0 bridgehead atoms. The smallest absolute Gasteiger partial charge is 0.374 e. The van der Waals surface area contributed by atoms with Crippen molar-refractivity contribution >= 4 is 43.6 Å². The van der Waals surface area contributed by atoms with Crippen molar-refractivity contribution in [3.63, 3.8) is 0 Å². The van der Waals surface area contributed by atoms with Crippen molar-refractivity contribution in [1.29, 1.82) is 0 Å². The number of rotatable bonds is 3. The summed E-state index contributed by atoms with van der Waals surface area (Å²) in [5.41, 5.74) is 2.50. The van der Waals surface area contributed by atoms with Crippen LogP contribution in [0.1, 0.15) is 42.3 Å². The highest BCUT2D eigenvalue weighted by atomic mass is 32.1.